The van der Waals surface area contributed by atoms with Crippen LogP contribution in [0.3, 0.4) is 0 Å². The van der Waals surface area contributed by atoms with E-state index in [1.807, 2.05) is 60.7 Å². The number of hydrogen-bond donors (Lipinski definition) is 1. The highest BCUT2D eigenvalue weighted by atomic mass is 16.2. The van der Waals surface area contributed by atoms with Gasteiger partial charge in [-0.25, -0.2) is 0 Å². The van der Waals surface area contributed by atoms with Crippen LogP contribution in [0, 0.1) is 5.92 Å². The van der Waals surface area contributed by atoms with E-state index < -0.39 is 0 Å². The molecule has 134 valence electrons. The average Bonchev–Trinajstić information content (AvgIpc) is 3.10. The van der Waals surface area contributed by atoms with E-state index in [0.29, 0.717) is 11.7 Å². The van der Waals surface area contributed by atoms with Crippen LogP contribution in [0.25, 0.3) is 11.4 Å². The fourth-order valence-electron chi connectivity index (χ4n) is 2.82. The SMILES string of the molecule is CC(C)C[C@H](NC(=O)Cn1nnc(-c2ccccc2)n1)c1ccccc1. The largest absolute Gasteiger partial charge is 0.348 e. The van der Waals surface area contributed by atoms with Gasteiger partial charge in [0.2, 0.25) is 11.7 Å². The maximum atomic E-state index is 12.5. The Labute approximate surface area is 153 Å². The Kier molecular flexibility index (Phi) is 5.73. The van der Waals surface area contributed by atoms with Crippen LogP contribution in [-0.2, 0) is 11.3 Å². The monoisotopic (exact) mass is 349 g/mol. The van der Waals surface area contributed by atoms with E-state index in [4.69, 9.17) is 0 Å². The molecule has 0 fully saturated rings. The summed E-state index contributed by atoms with van der Waals surface area (Å²) in [5, 5.41) is 15.4. The topological polar surface area (TPSA) is 72.7 Å². The molecular weight excluding hydrogens is 326 g/mol. The van der Waals surface area contributed by atoms with Crippen LogP contribution in [-0.4, -0.2) is 26.1 Å². The van der Waals surface area contributed by atoms with Gasteiger partial charge in [-0.15, -0.1) is 10.2 Å². The van der Waals surface area contributed by atoms with Crippen molar-refractivity contribution in [2.75, 3.05) is 0 Å². The van der Waals surface area contributed by atoms with E-state index in [2.05, 4.69) is 34.6 Å². The lowest BCUT2D eigenvalue weighted by molar-refractivity contribution is -0.123. The van der Waals surface area contributed by atoms with Crippen LogP contribution < -0.4 is 5.32 Å². The van der Waals surface area contributed by atoms with Crippen molar-refractivity contribution in [1.82, 2.24) is 25.5 Å². The summed E-state index contributed by atoms with van der Waals surface area (Å²) in [5.74, 6) is 0.853. The fourth-order valence-corrected chi connectivity index (χ4v) is 2.82. The van der Waals surface area contributed by atoms with E-state index in [1.54, 1.807) is 0 Å². The number of tetrazole rings is 1. The van der Waals surface area contributed by atoms with E-state index >= 15 is 0 Å². The third-order valence-corrected chi connectivity index (χ3v) is 4.01. The molecule has 0 aliphatic rings. The molecule has 3 aromatic rings. The zero-order valence-corrected chi connectivity index (χ0v) is 15.0. The van der Waals surface area contributed by atoms with Gasteiger partial charge in [0, 0.05) is 5.56 Å². The minimum atomic E-state index is -0.128. The Balaban J connectivity index is 1.66. The molecule has 0 aliphatic heterocycles. The van der Waals surface area contributed by atoms with Gasteiger partial charge in [-0.2, -0.15) is 4.80 Å². The van der Waals surface area contributed by atoms with Crippen molar-refractivity contribution in [3.63, 3.8) is 0 Å². The molecule has 0 saturated carbocycles. The molecule has 0 unspecified atom stereocenters. The molecule has 6 heteroatoms. The Morgan fingerprint density at radius 2 is 1.69 bits per heavy atom. The molecular formula is C20H23N5O. The zero-order valence-electron chi connectivity index (χ0n) is 15.0. The molecule has 0 aliphatic carbocycles. The fraction of sp³-hybridized carbons (Fsp3) is 0.300. The lowest BCUT2D eigenvalue weighted by atomic mass is 9.97. The molecule has 0 bridgehead atoms. The van der Waals surface area contributed by atoms with Crippen molar-refractivity contribution in [2.24, 2.45) is 5.92 Å². The molecule has 1 N–H and O–H groups in total. The first-order valence-corrected chi connectivity index (χ1v) is 8.79. The second-order valence-corrected chi connectivity index (χ2v) is 6.67. The molecule has 1 atom stereocenters. The molecule has 3 rings (SSSR count). The van der Waals surface area contributed by atoms with E-state index in [-0.39, 0.29) is 18.5 Å². The maximum absolute atomic E-state index is 12.5. The lowest BCUT2D eigenvalue weighted by Gasteiger charge is -2.21. The molecule has 0 saturated heterocycles. The standard InChI is InChI=1S/C20H23N5O/c1-15(2)13-18(16-9-5-3-6-10-16)21-19(26)14-25-23-20(22-24-25)17-11-7-4-8-12-17/h3-12,15,18H,13-14H2,1-2H3,(H,21,26)/t18-/m0/s1. The van der Waals surface area contributed by atoms with Crippen molar-refractivity contribution in [1.29, 1.82) is 0 Å². The summed E-state index contributed by atoms with van der Waals surface area (Å²) < 4.78 is 0. The predicted octanol–water partition coefficient (Wildman–Crippen LogP) is 3.24. The zero-order chi connectivity index (χ0) is 18.4. The predicted molar refractivity (Wildman–Crippen MR) is 100 cm³/mol. The molecule has 2 aromatic carbocycles. The summed E-state index contributed by atoms with van der Waals surface area (Å²) in [6, 6.07) is 19.6. The molecule has 26 heavy (non-hydrogen) atoms. The first kappa shape index (κ1) is 17.8. The molecule has 0 spiro atoms. The number of nitrogens with zero attached hydrogens (tertiary/aromatic N) is 4. The van der Waals surface area contributed by atoms with Crippen molar-refractivity contribution in [3.8, 4) is 11.4 Å². The number of nitrogens with one attached hydrogen (secondary N) is 1. The number of carbonyl (C=O) groups is 1. The summed E-state index contributed by atoms with van der Waals surface area (Å²) in [4.78, 5) is 13.8. The Hall–Kier alpha value is -3.02. The second-order valence-electron chi connectivity index (χ2n) is 6.67. The van der Waals surface area contributed by atoms with Crippen LogP contribution in [0.1, 0.15) is 31.9 Å². The first-order valence-electron chi connectivity index (χ1n) is 8.79. The second kappa shape index (κ2) is 8.38. The summed E-state index contributed by atoms with van der Waals surface area (Å²) in [5.41, 5.74) is 1.98. The third kappa shape index (κ3) is 4.75. The summed E-state index contributed by atoms with van der Waals surface area (Å²) >= 11 is 0. The van der Waals surface area contributed by atoms with Gasteiger partial charge in [-0.3, -0.25) is 4.79 Å². The quantitative estimate of drug-likeness (QED) is 0.711. The van der Waals surface area contributed by atoms with Gasteiger partial charge in [0.15, 0.2) is 0 Å². The Morgan fingerprint density at radius 1 is 1.04 bits per heavy atom. The van der Waals surface area contributed by atoms with Gasteiger partial charge in [0.05, 0.1) is 6.04 Å². The van der Waals surface area contributed by atoms with E-state index in [9.17, 15) is 4.79 Å². The number of hydrogen-bond acceptors (Lipinski definition) is 4. The van der Waals surface area contributed by atoms with Crippen molar-refractivity contribution >= 4 is 5.91 Å². The van der Waals surface area contributed by atoms with Crippen LogP contribution in [0.5, 0.6) is 0 Å². The van der Waals surface area contributed by atoms with Gasteiger partial charge in [0.1, 0.15) is 6.54 Å². The van der Waals surface area contributed by atoms with Crippen molar-refractivity contribution in [2.45, 2.75) is 32.9 Å². The van der Waals surface area contributed by atoms with Crippen LogP contribution >= 0.6 is 0 Å². The summed E-state index contributed by atoms with van der Waals surface area (Å²) in [7, 11) is 0. The summed E-state index contributed by atoms with van der Waals surface area (Å²) in [6.45, 7) is 4.34. The minimum Gasteiger partial charge on any atom is -0.348 e. The molecule has 1 amide bonds. The highest BCUT2D eigenvalue weighted by molar-refractivity contribution is 5.76. The van der Waals surface area contributed by atoms with Crippen LogP contribution in [0.2, 0.25) is 0 Å². The van der Waals surface area contributed by atoms with E-state index in [1.165, 1.54) is 4.80 Å². The first-order chi connectivity index (χ1) is 12.6. The molecule has 1 heterocycles. The van der Waals surface area contributed by atoms with Gasteiger partial charge in [-0.05, 0) is 23.1 Å². The minimum absolute atomic E-state index is 0.0270. The number of carbonyl (C=O) groups excluding carboxylic acids is 1. The Morgan fingerprint density at radius 3 is 2.35 bits per heavy atom. The number of rotatable bonds is 7. The smallest absolute Gasteiger partial charge is 0.244 e. The summed E-state index contributed by atoms with van der Waals surface area (Å²) in [6.07, 6.45) is 0.871. The highest BCUT2D eigenvalue weighted by Crippen LogP contribution is 2.21. The normalized spacial score (nSPS) is 12.1. The van der Waals surface area contributed by atoms with Gasteiger partial charge in [0.25, 0.3) is 0 Å². The van der Waals surface area contributed by atoms with Gasteiger partial charge < -0.3 is 5.32 Å². The highest BCUT2D eigenvalue weighted by Gasteiger charge is 2.17. The number of amides is 1. The Bertz CT molecular complexity index is 830. The number of aromatic nitrogens is 4. The van der Waals surface area contributed by atoms with Gasteiger partial charge in [-0.1, -0.05) is 74.5 Å². The molecule has 0 radical (unpaired) electrons. The van der Waals surface area contributed by atoms with E-state index in [0.717, 1.165) is 17.5 Å². The molecule has 1 aromatic heterocycles. The van der Waals surface area contributed by atoms with Crippen LogP contribution in [0.4, 0.5) is 0 Å². The van der Waals surface area contributed by atoms with Crippen molar-refractivity contribution in [3.05, 3.63) is 66.2 Å². The third-order valence-electron chi connectivity index (χ3n) is 4.01. The van der Waals surface area contributed by atoms with Crippen molar-refractivity contribution < 1.29 is 4.79 Å². The lowest BCUT2D eigenvalue weighted by Crippen LogP contribution is -2.33. The molecule has 6 nitrogen and oxygen atoms in total. The maximum Gasteiger partial charge on any atom is 0.244 e. The average molecular weight is 349 g/mol. The van der Waals surface area contributed by atoms with Gasteiger partial charge >= 0.3 is 0 Å². The van der Waals surface area contributed by atoms with Crippen LogP contribution in [0.15, 0.2) is 60.7 Å². The number of benzene rings is 2.